The summed E-state index contributed by atoms with van der Waals surface area (Å²) in [5.41, 5.74) is 0.981. The van der Waals surface area contributed by atoms with E-state index in [-0.39, 0.29) is 18.4 Å². The van der Waals surface area contributed by atoms with Crippen LogP contribution in [0.3, 0.4) is 0 Å². The second kappa shape index (κ2) is 5.86. The fraction of sp³-hybridized carbons (Fsp3) is 0.526. The quantitative estimate of drug-likeness (QED) is 0.832. The number of benzene rings is 1. The second-order valence-corrected chi connectivity index (χ2v) is 7.45. The summed E-state index contributed by atoms with van der Waals surface area (Å²) in [6.45, 7) is 3.43. The monoisotopic (exact) mass is 341 g/mol. The third-order valence-corrected chi connectivity index (χ3v) is 5.85. The van der Waals surface area contributed by atoms with Crippen molar-refractivity contribution in [2.24, 2.45) is 5.92 Å². The highest BCUT2D eigenvalue weighted by Crippen LogP contribution is 2.41. The molecule has 1 aromatic rings. The molecule has 0 unspecified atom stereocenters. The standard InChI is InChI=1S/C19H23N3O3/c1-13-7-10-21(11-8-13)16(23)12-22-17(24)19(20-18(22)25)9-6-14-4-2-3-5-15(14)19/h2-5,13H,6-12H2,1H3,(H,20,25)/t19-/m1/s1. The van der Waals surface area contributed by atoms with Gasteiger partial charge >= 0.3 is 6.03 Å². The van der Waals surface area contributed by atoms with Crippen LogP contribution >= 0.6 is 0 Å². The number of piperidine rings is 1. The maximum atomic E-state index is 13.0. The van der Waals surface area contributed by atoms with Crippen molar-refractivity contribution in [2.75, 3.05) is 19.6 Å². The number of urea groups is 1. The van der Waals surface area contributed by atoms with E-state index in [2.05, 4.69) is 12.2 Å². The number of hydrogen-bond acceptors (Lipinski definition) is 3. The predicted molar refractivity (Wildman–Crippen MR) is 91.7 cm³/mol. The lowest BCUT2D eigenvalue weighted by atomic mass is 9.92. The number of carbonyl (C=O) groups is 3. The van der Waals surface area contributed by atoms with Crippen molar-refractivity contribution >= 4 is 17.8 Å². The molecular weight excluding hydrogens is 318 g/mol. The number of carbonyl (C=O) groups excluding carboxylic acids is 3. The smallest absolute Gasteiger partial charge is 0.325 e. The number of aryl methyl sites for hydroxylation is 1. The molecule has 2 heterocycles. The van der Waals surface area contributed by atoms with Crippen molar-refractivity contribution in [2.45, 2.75) is 38.1 Å². The summed E-state index contributed by atoms with van der Waals surface area (Å²) in [6.07, 6.45) is 3.27. The van der Waals surface area contributed by atoms with Crippen LogP contribution in [0.25, 0.3) is 0 Å². The summed E-state index contributed by atoms with van der Waals surface area (Å²) in [7, 11) is 0. The molecule has 4 rings (SSSR count). The minimum Gasteiger partial charge on any atom is -0.341 e. The van der Waals surface area contributed by atoms with Gasteiger partial charge in [-0.25, -0.2) is 4.79 Å². The Morgan fingerprint density at radius 3 is 2.72 bits per heavy atom. The normalized spacial score (nSPS) is 26.3. The SMILES string of the molecule is CC1CCN(C(=O)CN2C(=O)N[C@@]3(CCc4ccccc43)C2=O)CC1. The number of imide groups is 1. The molecule has 0 saturated carbocycles. The summed E-state index contributed by atoms with van der Waals surface area (Å²) >= 11 is 0. The van der Waals surface area contributed by atoms with Gasteiger partial charge < -0.3 is 10.2 Å². The molecule has 132 valence electrons. The van der Waals surface area contributed by atoms with E-state index in [0.29, 0.717) is 25.4 Å². The van der Waals surface area contributed by atoms with Gasteiger partial charge in [-0.05, 0) is 42.7 Å². The molecule has 2 fully saturated rings. The van der Waals surface area contributed by atoms with Crippen LogP contribution in [0, 0.1) is 5.92 Å². The third kappa shape index (κ3) is 2.51. The van der Waals surface area contributed by atoms with Crippen molar-refractivity contribution in [3.05, 3.63) is 35.4 Å². The second-order valence-electron chi connectivity index (χ2n) is 7.45. The van der Waals surface area contributed by atoms with Gasteiger partial charge in [-0.2, -0.15) is 0 Å². The number of likely N-dealkylation sites (tertiary alicyclic amines) is 1. The lowest BCUT2D eigenvalue weighted by Crippen LogP contribution is -2.46. The molecule has 0 aromatic heterocycles. The summed E-state index contributed by atoms with van der Waals surface area (Å²) < 4.78 is 0. The van der Waals surface area contributed by atoms with Crippen molar-refractivity contribution in [1.82, 2.24) is 15.1 Å². The zero-order valence-electron chi connectivity index (χ0n) is 14.5. The number of hydrogen-bond donors (Lipinski definition) is 1. The van der Waals surface area contributed by atoms with E-state index in [0.717, 1.165) is 35.3 Å². The lowest BCUT2D eigenvalue weighted by molar-refractivity contribution is -0.139. The molecule has 1 atom stereocenters. The van der Waals surface area contributed by atoms with Crippen LogP contribution in [-0.2, 0) is 21.5 Å². The molecule has 4 amide bonds. The van der Waals surface area contributed by atoms with Crippen LogP contribution in [0.15, 0.2) is 24.3 Å². The number of rotatable bonds is 2. The molecule has 0 radical (unpaired) electrons. The van der Waals surface area contributed by atoms with Gasteiger partial charge in [0.15, 0.2) is 0 Å². The Labute approximate surface area is 147 Å². The summed E-state index contributed by atoms with van der Waals surface area (Å²) in [5.74, 6) is 0.193. The van der Waals surface area contributed by atoms with E-state index in [1.54, 1.807) is 4.90 Å². The molecular formula is C19H23N3O3. The molecule has 1 aromatic carbocycles. The average Bonchev–Trinajstić information content (AvgIpc) is 3.09. The Morgan fingerprint density at radius 1 is 1.24 bits per heavy atom. The molecule has 3 aliphatic rings. The Morgan fingerprint density at radius 2 is 1.96 bits per heavy atom. The van der Waals surface area contributed by atoms with Crippen molar-refractivity contribution < 1.29 is 14.4 Å². The van der Waals surface area contributed by atoms with E-state index < -0.39 is 11.6 Å². The molecule has 1 N–H and O–H groups in total. The maximum Gasteiger partial charge on any atom is 0.325 e. The lowest BCUT2D eigenvalue weighted by Gasteiger charge is -2.31. The number of fused-ring (bicyclic) bond motifs is 2. The number of amides is 4. The fourth-order valence-corrected chi connectivity index (χ4v) is 4.23. The van der Waals surface area contributed by atoms with Crippen LogP contribution in [0.1, 0.15) is 37.3 Å². The molecule has 0 bridgehead atoms. The highest BCUT2D eigenvalue weighted by Gasteiger charge is 2.55. The van der Waals surface area contributed by atoms with Crippen LogP contribution < -0.4 is 5.32 Å². The van der Waals surface area contributed by atoms with Crippen LogP contribution in [0.4, 0.5) is 4.79 Å². The zero-order valence-corrected chi connectivity index (χ0v) is 14.5. The highest BCUT2D eigenvalue weighted by molar-refractivity contribution is 6.09. The van der Waals surface area contributed by atoms with Crippen LogP contribution in [0.2, 0.25) is 0 Å². The van der Waals surface area contributed by atoms with Gasteiger partial charge in [0.2, 0.25) is 5.91 Å². The molecule has 1 spiro atoms. The molecule has 6 nitrogen and oxygen atoms in total. The van der Waals surface area contributed by atoms with Gasteiger partial charge in [0.1, 0.15) is 12.1 Å². The first-order valence-electron chi connectivity index (χ1n) is 9.01. The van der Waals surface area contributed by atoms with Crippen molar-refractivity contribution in [3.8, 4) is 0 Å². The first-order valence-corrected chi connectivity index (χ1v) is 9.01. The number of nitrogens with one attached hydrogen (secondary N) is 1. The maximum absolute atomic E-state index is 13.0. The van der Waals surface area contributed by atoms with Gasteiger partial charge in [-0.15, -0.1) is 0 Å². The Kier molecular flexibility index (Phi) is 3.78. The Bertz CT molecular complexity index is 739. The molecule has 2 aliphatic heterocycles. The van der Waals surface area contributed by atoms with E-state index >= 15 is 0 Å². The first-order chi connectivity index (χ1) is 12.0. The first kappa shape index (κ1) is 16.1. The van der Waals surface area contributed by atoms with Gasteiger partial charge in [0, 0.05) is 13.1 Å². The van der Waals surface area contributed by atoms with Crippen LogP contribution in [0.5, 0.6) is 0 Å². The minimum absolute atomic E-state index is 0.140. The molecule has 1 aliphatic carbocycles. The highest BCUT2D eigenvalue weighted by atomic mass is 16.2. The Balaban J connectivity index is 1.52. The van der Waals surface area contributed by atoms with Crippen molar-refractivity contribution in [3.63, 3.8) is 0 Å². The number of nitrogens with zero attached hydrogens (tertiary/aromatic N) is 2. The van der Waals surface area contributed by atoms with E-state index in [1.165, 1.54) is 0 Å². The Hall–Kier alpha value is -2.37. The molecule has 25 heavy (non-hydrogen) atoms. The van der Waals surface area contributed by atoms with E-state index in [1.807, 2.05) is 24.3 Å². The largest absolute Gasteiger partial charge is 0.341 e. The van der Waals surface area contributed by atoms with Crippen molar-refractivity contribution in [1.29, 1.82) is 0 Å². The summed E-state index contributed by atoms with van der Waals surface area (Å²) in [5, 5.41) is 2.87. The van der Waals surface area contributed by atoms with Gasteiger partial charge in [0.25, 0.3) is 5.91 Å². The topological polar surface area (TPSA) is 69.7 Å². The zero-order chi connectivity index (χ0) is 17.6. The molecule has 6 heteroatoms. The predicted octanol–water partition coefficient (Wildman–Crippen LogP) is 1.64. The fourth-order valence-electron chi connectivity index (χ4n) is 4.23. The molecule has 2 saturated heterocycles. The summed E-state index contributed by atoms with van der Waals surface area (Å²) in [6, 6.07) is 7.26. The van der Waals surface area contributed by atoms with Crippen LogP contribution in [-0.4, -0.2) is 47.3 Å². The summed E-state index contributed by atoms with van der Waals surface area (Å²) in [4.78, 5) is 40.9. The van der Waals surface area contributed by atoms with E-state index in [4.69, 9.17) is 0 Å². The van der Waals surface area contributed by atoms with E-state index in [9.17, 15) is 14.4 Å². The van der Waals surface area contributed by atoms with Gasteiger partial charge in [-0.3, -0.25) is 14.5 Å². The minimum atomic E-state index is -0.982. The third-order valence-electron chi connectivity index (χ3n) is 5.85. The van der Waals surface area contributed by atoms with Gasteiger partial charge in [0.05, 0.1) is 0 Å². The van der Waals surface area contributed by atoms with Gasteiger partial charge in [-0.1, -0.05) is 31.2 Å². The average molecular weight is 341 g/mol.